The van der Waals surface area contributed by atoms with E-state index in [0.717, 1.165) is 26.3 Å². The van der Waals surface area contributed by atoms with Crippen molar-refractivity contribution < 1.29 is 4.74 Å². The lowest BCUT2D eigenvalue weighted by Gasteiger charge is -2.24. The van der Waals surface area contributed by atoms with E-state index in [1.165, 1.54) is 16.8 Å². The van der Waals surface area contributed by atoms with Gasteiger partial charge in [0, 0.05) is 24.8 Å². The van der Waals surface area contributed by atoms with Crippen molar-refractivity contribution in [3.8, 4) is 0 Å². The Labute approximate surface area is 97.2 Å². The molecule has 0 aliphatic carbocycles. The number of hydrogen-bond donors (Lipinski definition) is 2. The maximum atomic E-state index is 5.42. The zero-order valence-corrected chi connectivity index (χ0v) is 10.0. The van der Waals surface area contributed by atoms with Crippen molar-refractivity contribution in [3.63, 3.8) is 0 Å². The quantitative estimate of drug-likeness (QED) is 0.813. The summed E-state index contributed by atoms with van der Waals surface area (Å²) in [7, 11) is 0. The second kappa shape index (κ2) is 5.32. The third kappa shape index (κ3) is 2.97. The molecule has 0 aromatic heterocycles. The first-order valence-electron chi connectivity index (χ1n) is 5.88. The van der Waals surface area contributed by atoms with Crippen LogP contribution in [0.2, 0.25) is 0 Å². The Morgan fingerprint density at radius 1 is 1.44 bits per heavy atom. The van der Waals surface area contributed by atoms with E-state index in [2.05, 4.69) is 42.7 Å². The number of nitrogens with one attached hydrogen (secondary N) is 2. The molecule has 1 atom stereocenters. The third-order valence-electron chi connectivity index (χ3n) is 2.93. The molecule has 1 aromatic rings. The van der Waals surface area contributed by atoms with Crippen LogP contribution in [0.15, 0.2) is 18.2 Å². The van der Waals surface area contributed by atoms with Crippen LogP contribution in [0.1, 0.15) is 11.1 Å². The minimum absolute atomic E-state index is 0.425. The molecule has 0 saturated carbocycles. The molecule has 1 aromatic carbocycles. The lowest BCUT2D eigenvalue weighted by molar-refractivity contribution is 0.0806. The SMILES string of the molecule is Cc1ccc(C)c(NCC2COCCN2)c1. The first kappa shape index (κ1) is 11.4. The van der Waals surface area contributed by atoms with Gasteiger partial charge in [-0.05, 0) is 31.0 Å². The average molecular weight is 220 g/mol. The smallest absolute Gasteiger partial charge is 0.0637 e. The van der Waals surface area contributed by atoms with Crippen LogP contribution in [0.3, 0.4) is 0 Å². The van der Waals surface area contributed by atoms with Crippen molar-refractivity contribution >= 4 is 5.69 Å². The maximum Gasteiger partial charge on any atom is 0.0637 e. The zero-order valence-electron chi connectivity index (χ0n) is 10.0. The Bertz CT molecular complexity index is 346. The topological polar surface area (TPSA) is 33.3 Å². The molecule has 1 fully saturated rings. The van der Waals surface area contributed by atoms with E-state index >= 15 is 0 Å². The summed E-state index contributed by atoms with van der Waals surface area (Å²) in [4.78, 5) is 0. The van der Waals surface area contributed by atoms with Crippen LogP contribution in [0.4, 0.5) is 5.69 Å². The number of morpholine rings is 1. The molecule has 1 aliphatic heterocycles. The van der Waals surface area contributed by atoms with Gasteiger partial charge in [0.2, 0.25) is 0 Å². The highest BCUT2D eigenvalue weighted by atomic mass is 16.5. The van der Waals surface area contributed by atoms with E-state index in [-0.39, 0.29) is 0 Å². The Morgan fingerprint density at radius 3 is 3.06 bits per heavy atom. The second-order valence-electron chi connectivity index (χ2n) is 4.43. The first-order valence-corrected chi connectivity index (χ1v) is 5.88. The fourth-order valence-electron chi connectivity index (χ4n) is 1.91. The summed E-state index contributed by atoms with van der Waals surface area (Å²) in [5.41, 5.74) is 3.82. The summed E-state index contributed by atoms with van der Waals surface area (Å²) in [5.74, 6) is 0. The average Bonchev–Trinajstić information content (AvgIpc) is 2.32. The second-order valence-corrected chi connectivity index (χ2v) is 4.43. The van der Waals surface area contributed by atoms with Crippen molar-refractivity contribution in [2.45, 2.75) is 19.9 Å². The van der Waals surface area contributed by atoms with Crippen molar-refractivity contribution in [1.29, 1.82) is 0 Å². The maximum absolute atomic E-state index is 5.42. The van der Waals surface area contributed by atoms with E-state index in [1.54, 1.807) is 0 Å². The molecule has 1 unspecified atom stereocenters. The molecular formula is C13H20N2O. The molecule has 2 rings (SSSR count). The molecule has 1 saturated heterocycles. The number of aryl methyl sites for hydroxylation is 2. The summed E-state index contributed by atoms with van der Waals surface area (Å²) in [5, 5.41) is 6.92. The molecule has 2 N–H and O–H groups in total. The minimum Gasteiger partial charge on any atom is -0.383 e. The van der Waals surface area contributed by atoms with Crippen molar-refractivity contribution in [2.24, 2.45) is 0 Å². The number of ether oxygens (including phenoxy) is 1. The van der Waals surface area contributed by atoms with Gasteiger partial charge in [-0.1, -0.05) is 12.1 Å². The van der Waals surface area contributed by atoms with Crippen LogP contribution in [0.25, 0.3) is 0 Å². The number of benzene rings is 1. The van der Waals surface area contributed by atoms with Crippen LogP contribution < -0.4 is 10.6 Å². The van der Waals surface area contributed by atoms with E-state index in [9.17, 15) is 0 Å². The summed E-state index contributed by atoms with van der Waals surface area (Å²) in [6.45, 7) is 7.76. The van der Waals surface area contributed by atoms with Crippen LogP contribution in [-0.4, -0.2) is 32.3 Å². The number of anilines is 1. The number of rotatable bonds is 3. The van der Waals surface area contributed by atoms with Crippen molar-refractivity contribution in [2.75, 3.05) is 31.6 Å². The van der Waals surface area contributed by atoms with Crippen LogP contribution in [-0.2, 0) is 4.74 Å². The van der Waals surface area contributed by atoms with Crippen LogP contribution in [0, 0.1) is 13.8 Å². The molecule has 1 heterocycles. The Kier molecular flexibility index (Phi) is 3.80. The lowest BCUT2D eigenvalue weighted by Crippen LogP contribution is -2.45. The van der Waals surface area contributed by atoms with Gasteiger partial charge < -0.3 is 15.4 Å². The monoisotopic (exact) mass is 220 g/mol. The molecule has 88 valence electrons. The van der Waals surface area contributed by atoms with Crippen molar-refractivity contribution in [1.82, 2.24) is 5.32 Å². The molecule has 0 spiro atoms. The Hall–Kier alpha value is -1.06. The van der Waals surface area contributed by atoms with E-state index in [0.29, 0.717) is 6.04 Å². The highest BCUT2D eigenvalue weighted by Crippen LogP contribution is 2.16. The predicted octanol–water partition coefficient (Wildman–Crippen LogP) is 1.70. The summed E-state index contributed by atoms with van der Waals surface area (Å²) in [6.07, 6.45) is 0. The minimum atomic E-state index is 0.425. The van der Waals surface area contributed by atoms with E-state index in [4.69, 9.17) is 4.74 Å². The Balaban J connectivity index is 1.90. The van der Waals surface area contributed by atoms with E-state index in [1.807, 2.05) is 0 Å². The van der Waals surface area contributed by atoms with Crippen LogP contribution in [0.5, 0.6) is 0 Å². The molecule has 16 heavy (non-hydrogen) atoms. The van der Waals surface area contributed by atoms with Gasteiger partial charge in [-0.25, -0.2) is 0 Å². The van der Waals surface area contributed by atoms with Gasteiger partial charge in [-0.3, -0.25) is 0 Å². The largest absolute Gasteiger partial charge is 0.383 e. The standard InChI is InChI=1S/C13H20N2O/c1-10-3-4-11(2)13(7-10)15-8-12-9-16-6-5-14-12/h3-4,7,12,14-15H,5-6,8-9H2,1-2H3. The van der Waals surface area contributed by atoms with Gasteiger partial charge in [0.15, 0.2) is 0 Å². The third-order valence-corrected chi connectivity index (χ3v) is 2.93. The predicted molar refractivity (Wildman–Crippen MR) is 67.0 cm³/mol. The molecule has 0 bridgehead atoms. The molecule has 0 radical (unpaired) electrons. The van der Waals surface area contributed by atoms with Gasteiger partial charge >= 0.3 is 0 Å². The molecule has 3 heteroatoms. The highest BCUT2D eigenvalue weighted by molar-refractivity contribution is 5.52. The Morgan fingerprint density at radius 2 is 2.31 bits per heavy atom. The normalized spacial score (nSPS) is 20.8. The fraction of sp³-hybridized carbons (Fsp3) is 0.538. The van der Waals surface area contributed by atoms with Gasteiger partial charge in [-0.15, -0.1) is 0 Å². The lowest BCUT2D eigenvalue weighted by atomic mass is 10.1. The van der Waals surface area contributed by atoms with Gasteiger partial charge in [0.05, 0.1) is 13.2 Å². The highest BCUT2D eigenvalue weighted by Gasteiger charge is 2.12. The summed E-state index contributed by atoms with van der Waals surface area (Å²) >= 11 is 0. The van der Waals surface area contributed by atoms with Gasteiger partial charge in [0.25, 0.3) is 0 Å². The molecule has 0 amide bonds. The molecular weight excluding hydrogens is 200 g/mol. The van der Waals surface area contributed by atoms with Crippen LogP contribution >= 0.6 is 0 Å². The zero-order chi connectivity index (χ0) is 11.4. The number of hydrogen-bond acceptors (Lipinski definition) is 3. The first-order chi connectivity index (χ1) is 7.75. The van der Waals surface area contributed by atoms with Crippen molar-refractivity contribution in [3.05, 3.63) is 29.3 Å². The summed E-state index contributed by atoms with van der Waals surface area (Å²) in [6, 6.07) is 6.91. The fourth-order valence-corrected chi connectivity index (χ4v) is 1.91. The van der Waals surface area contributed by atoms with E-state index < -0.39 is 0 Å². The molecule has 3 nitrogen and oxygen atoms in total. The van der Waals surface area contributed by atoms with Gasteiger partial charge in [-0.2, -0.15) is 0 Å². The molecule has 1 aliphatic rings. The van der Waals surface area contributed by atoms with Gasteiger partial charge in [0.1, 0.15) is 0 Å². The summed E-state index contributed by atoms with van der Waals surface area (Å²) < 4.78 is 5.42.